The first-order valence-corrected chi connectivity index (χ1v) is 5.89. The summed E-state index contributed by atoms with van der Waals surface area (Å²) in [7, 11) is 1.56. The highest BCUT2D eigenvalue weighted by atomic mass is 19.1. The van der Waals surface area contributed by atoms with E-state index in [1.54, 1.807) is 13.2 Å². The van der Waals surface area contributed by atoms with Crippen LogP contribution in [0.15, 0.2) is 42.5 Å². The first-order valence-electron chi connectivity index (χ1n) is 5.89. The third-order valence-corrected chi connectivity index (χ3v) is 2.76. The van der Waals surface area contributed by atoms with Gasteiger partial charge in [-0.3, -0.25) is 0 Å². The summed E-state index contributed by atoms with van der Waals surface area (Å²) >= 11 is 0. The number of methoxy groups -OCH3 is 1. The van der Waals surface area contributed by atoms with E-state index in [0.717, 1.165) is 11.6 Å². The third-order valence-electron chi connectivity index (χ3n) is 2.76. The minimum absolute atomic E-state index is 0.204. The zero-order valence-corrected chi connectivity index (χ0v) is 10.8. The number of ether oxygens (including phenoxy) is 2. The Labute approximate surface area is 115 Å². The van der Waals surface area contributed by atoms with Crippen LogP contribution in [0.5, 0.6) is 11.5 Å². The fourth-order valence-electron chi connectivity index (χ4n) is 1.74. The molecule has 0 aliphatic rings. The number of rotatable bonds is 5. The van der Waals surface area contributed by atoms with Gasteiger partial charge in [0.25, 0.3) is 0 Å². The predicted molar refractivity (Wildman–Crippen MR) is 70.7 cm³/mol. The molecule has 0 aromatic heterocycles. The predicted octanol–water partition coefficient (Wildman–Crippen LogP) is 3.11. The molecule has 0 amide bonds. The number of aromatic carboxylic acids is 1. The van der Waals surface area contributed by atoms with Gasteiger partial charge in [0.1, 0.15) is 23.9 Å². The number of carboxylic acids is 1. The van der Waals surface area contributed by atoms with Gasteiger partial charge in [-0.05, 0) is 18.2 Å². The van der Waals surface area contributed by atoms with Crippen LogP contribution in [-0.4, -0.2) is 18.2 Å². The van der Waals surface area contributed by atoms with Crippen LogP contribution in [0.4, 0.5) is 4.39 Å². The maximum atomic E-state index is 13.5. The lowest BCUT2D eigenvalue weighted by Gasteiger charge is -2.10. The van der Waals surface area contributed by atoms with Crippen molar-refractivity contribution in [1.82, 2.24) is 0 Å². The molecular formula is C15H13FO4. The summed E-state index contributed by atoms with van der Waals surface area (Å²) in [5, 5.41) is 8.74. The molecule has 2 aromatic carbocycles. The lowest BCUT2D eigenvalue weighted by molar-refractivity contribution is 0.0692. The van der Waals surface area contributed by atoms with Crippen LogP contribution in [0.2, 0.25) is 0 Å². The smallest absolute Gasteiger partial charge is 0.338 e. The van der Waals surface area contributed by atoms with Crippen LogP contribution >= 0.6 is 0 Å². The summed E-state index contributed by atoms with van der Waals surface area (Å²) in [6, 6.07) is 11.0. The normalized spacial score (nSPS) is 10.1. The lowest BCUT2D eigenvalue weighted by Crippen LogP contribution is -2.02. The molecule has 20 heavy (non-hydrogen) atoms. The first-order chi connectivity index (χ1) is 9.61. The van der Waals surface area contributed by atoms with Crippen molar-refractivity contribution in [2.45, 2.75) is 6.61 Å². The number of carbonyl (C=O) groups is 1. The van der Waals surface area contributed by atoms with Crippen LogP contribution in [0.1, 0.15) is 15.9 Å². The van der Waals surface area contributed by atoms with Crippen molar-refractivity contribution >= 4 is 5.97 Å². The summed E-state index contributed by atoms with van der Waals surface area (Å²) < 4.78 is 24.1. The number of hydrogen-bond acceptors (Lipinski definition) is 3. The van der Waals surface area contributed by atoms with Crippen molar-refractivity contribution in [3.05, 3.63) is 59.4 Å². The Balaban J connectivity index is 2.11. The molecule has 5 heteroatoms. The van der Waals surface area contributed by atoms with E-state index >= 15 is 0 Å². The van der Waals surface area contributed by atoms with Gasteiger partial charge in [0.15, 0.2) is 0 Å². The first kappa shape index (κ1) is 13.9. The molecular weight excluding hydrogens is 263 g/mol. The van der Waals surface area contributed by atoms with Gasteiger partial charge in [-0.1, -0.05) is 18.2 Å². The van der Waals surface area contributed by atoms with E-state index in [4.69, 9.17) is 14.6 Å². The molecule has 0 saturated heterocycles. The third kappa shape index (κ3) is 3.06. The second-order valence-corrected chi connectivity index (χ2v) is 4.05. The van der Waals surface area contributed by atoms with Crippen molar-refractivity contribution in [3.63, 3.8) is 0 Å². The molecule has 104 valence electrons. The van der Waals surface area contributed by atoms with Gasteiger partial charge in [-0.25, -0.2) is 9.18 Å². The summed E-state index contributed by atoms with van der Waals surface area (Å²) in [5.41, 5.74) is 0.437. The molecule has 0 radical (unpaired) electrons. The summed E-state index contributed by atoms with van der Waals surface area (Å²) in [4.78, 5) is 10.7. The summed E-state index contributed by atoms with van der Waals surface area (Å²) in [5.74, 6) is -1.19. The van der Waals surface area contributed by atoms with E-state index in [0.29, 0.717) is 5.75 Å². The Morgan fingerprint density at radius 3 is 2.65 bits per heavy atom. The van der Waals surface area contributed by atoms with Crippen LogP contribution in [0, 0.1) is 5.82 Å². The topological polar surface area (TPSA) is 55.8 Å². The van der Waals surface area contributed by atoms with Crippen molar-refractivity contribution < 1.29 is 23.8 Å². The Morgan fingerprint density at radius 1 is 1.25 bits per heavy atom. The molecule has 0 saturated carbocycles. The van der Waals surface area contributed by atoms with Gasteiger partial charge in [0.2, 0.25) is 0 Å². The number of carboxylic acid groups (broad SMARTS) is 1. The van der Waals surface area contributed by atoms with Gasteiger partial charge in [-0.15, -0.1) is 0 Å². The highest BCUT2D eigenvalue weighted by Crippen LogP contribution is 2.21. The minimum Gasteiger partial charge on any atom is -0.496 e. The second-order valence-electron chi connectivity index (χ2n) is 4.05. The molecule has 1 N–H and O–H groups in total. The lowest BCUT2D eigenvalue weighted by atomic mass is 10.2. The van der Waals surface area contributed by atoms with Crippen LogP contribution < -0.4 is 9.47 Å². The van der Waals surface area contributed by atoms with Crippen LogP contribution in [0.3, 0.4) is 0 Å². The highest BCUT2D eigenvalue weighted by molar-refractivity contribution is 5.88. The molecule has 4 nitrogen and oxygen atoms in total. The second kappa shape index (κ2) is 6.06. The van der Waals surface area contributed by atoms with E-state index in [1.165, 1.54) is 12.1 Å². The van der Waals surface area contributed by atoms with Crippen molar-refractivity contribution in [3.8, 4) is 11.5 Å². The quantitative estimate of drug-likeness (QED) is 0.911. The van der Waals surface area contributed by atoms with E-state index in [2.05, 4.69) is 0 Å². The zero-order chi connectivity index (χ0) is 14.5. The molecule has 0 unspecified atom stereocenters. The average molecular weight is 276 g/mol. The number of para-hydroxylation sites is 1. The van der Waals surface area contributed by atoms with E-state index in [9.17, 15) is 9.18 Å². The van der Waals surface area contributed by atoms with Gasteiger partial charge < -0.3 is 14.6 Å². The molecule has 0 aliphatic heterocycles. The molecule has 0 heterocycles. The average Bonchev–Trinajstić information content (AvgIpc) is 2.45. The van der Waals surface area contributed by atoms with Crippen molar-refractivity contribution in [2.24, 2.45) is 0 Å². The fraction of sp³-hybridized carbons (Fsp3) is 0.133. The Hall–Kier alpha value is -2.56. The number of hydrogen-bond donors (Lipinski definition) is 1. The van der Waals surface area contributed by atoms with Gasteiger partial charge >= 0.3 is 5.97 Å². The van der Waals surface area contributed by atoms with E-state index < -0.39 is 11.8 Å². The molecule has 2 rings (SSSR count). The van der Waals surface area contributed by atoms with Crippen molar-refractivity contribution in [1.29, 1.82) is 0 Å². The molecule has 0 atom stereocenters. The van der Waals surface area contributed by atoms with Crippen molar-refractivity contribution in [2.75, 3.05) is 7.11 Å². The zero-order valence-electron chi connectivity index (χ0n) is 10.8. The molecule has 0 aliphatic carbocycles. The maximum absolute atomic E-state index is 13.5. The maximum Gasteiger partial charge on any atom is 0.338 e. The molecule has 0 spiro atoms. The van der Waals surface area contributed by atoms with Gasteiger partial charge in [0, 0.05) is 11.6 Å². The highest BCUT2D eigenvalue weighted by Gasteiger charge is 2.11. The SMILES string of the molecule is COc1ccccc1COc1ccc(C(=O)O)c(F)c1. The van der Waals surface area contributed by atoms with E-state index in [-0.39, 0.29) is 17.9 Å². The summed E-state index contributed by atoms with van der Waals surface area (Å²) in [6.45, 7) is 0.204. The standard InChI is InChI=1S/C15H13FO4/c1-19-14-5-3-2-4-10(14)9-20-11-6-7-12(15(17)18)13(16)8-11/h2-8H,9H2,1H3,(H,17,18). The fourth-order valence-corrected chi connectivity index (χ4v) is 1.74. The van der Waals surface area contributed by atoms with Gasteiger partial charge in [0.05, 0.1) is 12.7 Å². The number of benzene rings is 2. The molecule has 0 bridgehead atoms. The monoisotopic (exact) mass is 276 g/mol. The largest absolute Gasteiger partial charge is 0.496 e. The van der Waals surface area contributed by atoms with Gasteiger partial charge in [-0.2, -0.15) is 0 Å². The summed E-state index contributed by atoms with van der Waals surface area (Å²) in [6.07, 6.45) is 0. The van der Waals surface area contributed by atoms with Crippen LogP contribution in [-0.2, 0) is 6.61 Å². The number of halogens is 1. The Kier molecular flexibility index (Phi) is 4.20. The Morgan fingerprint density at radius 2 is 2.00 bits per heavy atom. The van der Waals surface area contributed by atoms with Crippen LogP contribution in [0.25, 0.3) is 0 Å². The Bertz CT molecular complexity index is 625. The minimum atomic E-state index is -1.31. The molecule has 2 aromatic rings. The molecule has 0 fully saturated rings. The van der Waals surface area contributed by atoms with E-state index in [1.807, 2.05) is 18.2 Å².